The summed E-state index contributed by atoms with van der Waals surface area (Å²) in [5.74, 6) is 1.41. The smallest absolute Gasteiger partial charge is 0.00682 e. The summed E-state index contributed by atoms with van der Waals surface area (Å²) in [5, 5.41) is 3.60. The molecule has 0 amide bonds. The van der Waals surface area contributed by atoms with Crippen LogP contribution in [-0.2, 0) is 6.42 Å². The van der Waals surface area contributed by atoms with Crippen LogP contribution in [0, 0.1) is 5.92 Å². The predicted octanol–water partition coefficient (Wildman–Crippen LogP) is 4.13. The van der Waals surface area contributed by atoms with Crippen molar-refractivity contribution in [3.8, 4) is 0 Å². The molecule has 1 N–H and O–H groups in total. The molecule has 0 heterocycles. The van der Waals surface area contributed by atoms with E-state index in [1.54, 1.807) is 0 Å². The van der Waals surface area contributed by atoms with Crippen molar-refractivity contribution in [1.29, 1.82) is 0 Å². The van der Waals surface area contributed by atoms with Gasteiger partial charge in [0.25, 0.3) is 0 Å². The van der Waals surface area contributed by atoms with Gasteiger partial charge in [0, 0.05) is 6.04 Å². The first-order chi connectivity index (χ1) is 8.65. The van der Waals surface area contributed by atoms with E-state index >= 15 is 0 Å². The Kier molecular flexibility index (Phi) is 4.82. The first-order valence-corrected chi connectivity index (χ1v) is 7.47. The van der Waals surface area contributed by atoms with E-state index < -0.39 is 0 Å². The van der Waals surface area contributed by atoms with Crippen molar-refractivity contribution in [2.24, 2.45) is 5.92 Å². The summed E-state index contributed by atoms with van der Waals surface area (Å²) in [6, 6.07) is 10.0. The maximum Gasteiger partial charge on any atom is 0.00682 e. The van der Waals surface area contributed by atoms with Gasteiger partial charge in [0.1, 0.15) is 0 Å². The van der Waals surface area contributed by atoms with E-state index in [1.165, 1.54) is 43.4 Å². The van der Waals surface area contributed by atoms with Gasteiger partial charge in [0.05, 0.1) is 0 Å². The molecule has 1 fully saturated rings. The fourth-order valence-corrected chi connectivity index (χ4v) is 2.46. The highest BCUT2D eigenvalue weighted by Crippen LogP contribution is 2.22. The van der Waals surface area contributed by atoms with Gasteiger partial charge in [-0.1, -0.05) is 45.0 Å². The van der Waals surface area contributed by atoms with Crippen LogP contribution in [0.5, 0.6) is 0 Å². The second-order valence-electron chi connectivity index (χ2n) is 6.26. The molecule has 1 saturated carbocycles. The molecule has 0 aliphatic heterocycles. The van der Waals surface area contributed by atoms with Crippen LogP contribution in [0.15, 0.2) is 24.3 Å². The van der Waals surface area contributed by atoms with Crippen LogP contribution in [0.4, 0.5) is 0 Å². The zero-order valence-corrected chi connectivity index (χ0v) is 12.1. The second-order valence-corrected chi connectivity index (χ2v) is 6.26. The zero-order valence-electron chi connectivity index (χ0n) is 12.1. The molecule has 1 heteroatoms. The summed E-state index contributed by atoms with van der Waals surface area (Å²) in [4.78, 5) is 0. The van der Waals surface area contributed by atoms with Gasteiger partial charge in [0.15, 0.2) is 0 Å². The van der Waals surface area contributed by atoms with Crippen LogP contribution < -0.4 is 5.32 Å². The summed E-state index contributed by atoms with van der Waals surface area (Å²) in [5.41, 5.74) is 3.00. The number of hydrogen-bond acceptors (Lipinski definition) is 1. The average Bonchev–Trinajstić information content (AvgIpc) is 3.12. The minimum atomic E-state index is 0.670. The van der Waals surface area contributed by atoms with Crippen LogP contribution in [0.1, 0.15) is 57.1 Å². The summed E-state index contributed by atoms with van der Waals surface area (Å²) >= 11 is 0. The van der Waals surface area contributed by atoms with Crippen molar-refractivity contribution >= 4 is 0 Å². The zero-order chi connectivity index (χ0) is 13.0. The van der Waals surface area contributed by atoms with Crippen molar-refractivity contribution < 1.29 is 0 Å². The van der Waals surface area contributed by atoms with E-state index in [0.717, 1.165) is 12.0 Å². The summed E-state index contributed by atoms with van der Waals surface area (Å²) in [6.07, 6.45) is 5.22. The molecule has 2 rings (SSSR count). The SMILES string of the molecule is CC(C)Cc1cccc(C(C)CCNC2CC2)c1. The van der Waals surface area contributed by atoms with Gasteiger partial charge in [-0.15, -0.1) is 0 Å². The molecule has 0 spiro atoms. The van der Waals surface area contributed by atoms with Gasteiger partial charge in [-0.05, 0) is 55.2 Å². The highest BCUT2D eigenvalue weighted by Gasteiger charge is 2.20. The Morgan fingerprint density at radius 1 is 1.22 bits per heavy atom. The summed E-state index contributed by atoms with van der Waals surface area (Å²) in [7, 11) is 0. The first-order valence-electron chi connectivity index (χ1n) is 7.47. The van der Waals surface area contributed by atoms with E-state index in [-0.39, 0.29) is 0 Å². The third-order valence-electron chi connectivity index (χ3n) is 3.75. The quantitative estimate of drug-likeness (QED) is 0.761. The molecule has 1 unspecified atom stereocenters. The summed E-state index contributed by atoms with van der Waals surface area (Å²) in [6.45, 7) is 8.09. The minimum absolute atomic E-state index is 0.670. The minimum Gasteiger partial charge on any atom is -0.314 e. The number of hydrogen-bond donors (Lipinski definition) is 1. The lowest BCUT2D eigenvalue weighted by atomic mass is 9.93. The largest absolute Gasteiger partial charge is 0.314 e. The van der Waals surface area contributed by atoms with Crippen LogP contribution in [0.3, 0.4) is 0 Å². The van der Waals surface area contributed by atoms with Crippen molar-refractivity contribution in [3.63, 3.8) is 0 Å². The van der Waals surface area contributed by atoms with Crippen LogP contribution >= 0.6 is 0 Å². The summed E-state index contributed by atoms with van der Waals surface area (Å²) < 4.78 is 0. The topological polar surface area (TPSA) is 12.0 Å². The lowest BCUT2D eigenvalue weighted by Crippen LogP contribution is -2.19. The van der Waals surface area contributed by atoms with Gasteiger partial charge in [-0.25, -0.2) is 0 Å². The Morgan fingerprint density at radius 3 is 2.67 bits per heavy atom. The highest BCUT2D eigenvalue weighted by atomic mass is 14.9. The molecule has 0 aromatic heterocycles. The maximum absolute atomic E-state index is 3.60. The van der Waals surface area contributed by atoms with Gasteiger partial charge >= 0.3 is 0 Å². The van der Waals surface area contributed by atoms with Crippen molar-refractivity contribution in [2.75, 3.05) is 6.54 Å². The number of rotatable bonds is 7. The Labute approximate surface area is 112 Å². The van der Waals surface area contributed by atoms with E-state index in [9.17, 15) is 0 Å². The first kappa shape index (κ1) is 13.6. The number of nitrogens with one attached hydrogen (secondary N) is 1. The highest BCUT2D eigenvalue weighted by molar-refractivity contribution is 5.26. The molecule has 100 valence electrons. The molecule has 0 bridgehead atoms. The third-order valence-corrected chi connectivity index (χ3v) is 3.75. The Morgan fingerprint density at radius 2 is 2.00 bits per heavy atom. The van der Waals surface area contributed by atoms with E-state index in [4.69, 9.17) is 0 Å². The molecule has 18 heavy (non-hydrogen) atoms. The van der Waals surface area contributed by atoms with Crippen LogP contribution in [0.25, 0.3) is 0 Å². The van der Waals surface area contributed by atoms with Gasteiger partial charge < -0.3 is 5.32 Å². The molecule has 1 aliphatic rings. The standard InChI is InChI=1S/C17H27N/c1-13(2)11-15-5-4-6-16(12-15)14(3)9-10-18-17-7-8-17/h4-6,12-14,17-18H,7-11H2,1-3H3. The van der Waals surface area contributed by atoms with E-state index in [0.29, 0.717) is 5.92 Å². The van der Waals surface area contributed by atoms with Crippen LogP contribution in [-0.4, -0.2) is 12.6 Å². The predicted molar refractivity (Wildman–Crippen MR) is 79.0 cm³/mol. The van der Waals surface area contributed by atoms with Crippen LogP contribution in [0.2, 0.25) is 0 Å². The van der Waals surface area contributed by atoms with Crippen molar-refractivity contribution in [1.82, 2.24) is 5.32 Å². The molecule has 1 aliphatic carbocycles. The fraction of sp³-hybridized carbons (Fsp3) is 0.647. The van der Waals surface area contributed by atoms with Crippen molar-refractivity contribution in [2.45, 2.75) is 58.4 Å². The van der Waals surface area contributed by atoms with Gasteiger partial charge in [-0.3, -0.25) is 0 Å². The maximum atomic E-state index is 3.60. The van der Waals surface area contributed by atoms with Gasteiger partial charge in [-0.2, -0.15) is 0 Å². The fourth-order valence-electron chi connectivity index (χ4n) is 2.46. The monoisotopic (exact) mass is 245 g/mol. The van der Waals surface area contributed by atoms with Gasteiger partial charge in [0.2, 0.25) is 0 Å². The normalized spacial score (nSPS) is 17.1. The Hall–Kier alpha value is -0.820. The molecule has 1 aromatic carbocycles. The molecule has 0 radical (unpaired) electrons. The third kappa shape index (κ3) is 4.45. The van der Waals surface area contributed by atoms with E-state index in [2.05, 4.69) is 50.4 Å². The molecule has 1 atom stereocenters. The van der Waals surface area contributed by atoms with Crippen molar-refractivity contribution in [3.05, 3.63) is 35.4 Å². The molecule has 0 saturated heterocycles. The lowest BCUT2D eigenvalue weighted by molar-refractivity contribution is 0.590. The molecule has 1 aromatic rings. The Balaban J connectivity index is 1.85. The average molecular weight is 245 g/mol. The lowest BCUT2D eigenvalue weighted by Gasteiger charge is -2.14. The molecular weight excluding hydrogens is 218 g/mol. The number of benzene rings is 1. The second kappa shape index (κ2) is 6.38. The van der Waals surface area contributed by atoms with E-state index in [1.807, 2.05) is 0 Å². The molecular formula is C17H27N. The Bertz CT molecular complexity index is 366. The molecule has 1 nitrogen and oxygen atoms in total.